The predicted molar refractivity (Wildman–Crippen MR) is 128 cm³/mol. The number of anilines is 1. The van der Waals surface area contributed by atoms with Gasteiger partial charge in [0.25, 0.3) is 0 Å². The molecule has 1 aromatic rings. The number of rotatable bonds is 13. The first-order valence-electron chi connectivity index (χ1n) is 10.7. The monoisotopic (exact) mass is 474 g/mol. The first kappa shape index (κ1) is 28.2. The van der Waals surface area contributed by atoms with Crippen LogP contribution < -0.4 is 10.2 Å². The molecule has 1 N–H and O–H groups in total. The average Bonchev–Trinajstić information content (AvgIpc) is 2.80. The van der Waals surface area contributed by atoms with Crippen molar-refractivity contribution in [2.75, 3.05) is 67.2 Å². The van der Waals surface area contributed by atoms with Crippen molar-refractivity contribution in [3.05, 3.63) is 30.3 Å². The molecular formula is C21H42N2O6Si2. The average molecular weight is 475 g/mol. The number of hydrogen-bond acceptors (Lipinski definition) is 8. The van der Waals surface area contributed by atoms with Crippen molar-refractivity contribution in [1.82, 2.24) is 5.32 Å². The lowest BCUT2D eigenvalue weighted by Gasteiger charge is -2.48. The summed E-state index contributed by atoms with van der Waals surface area (Å²) in [6, 6.07) is 11.2. The van der Waals surface area contributed by atoms with Gasteiger partial charge in [-0.15, -0.1) is 0 Å². The van der Waals surface area contributed by atoms with Crippen LogP contribution in [0.25, 0.3) is 0 Å². The lowest BCUT2D eigenvalue weighted by Crippen LogP contribution is -2.68. The summed E-state index contributed by atoms with van der Waals surface area (Å²) >= 11 is 0. The fourth-order valence-electron chi connectivity index (χ4n) is 3.73. The molecule has 0 amide bonds. The minimum Gasteiger partial charge on any atom is -0.377 e. The van der Waals surface area contributed by atoms with Crippen molar-refractivity contribution in [2.45, 2.75) is 32.0 Å². The normalized spacial score (nSPS) is 17.5. The molecule has 10 heteroatoms. The maximum Gasteiger partial charge on any atom is 0.523 e. The highest BCUT2D eigenvalue weighted by atomic mass is 28.4. The molecule has 1 saturated heterocycles. The van der Waals surface area contributed by atoms with E-state index >= 15 is 0 Å². The maximum absolute atomic E-state index is 5.54. The predicted octanol–water partition coefficient (Wildman–Crippen LogP) is 2.79. The molecule has 1 aliphatic heterocycles. The third kappa shape index (κ3) is 7.62. The van der Waals surface area contributed by atoms with Gasteiger partial charge in [0.1, 0.15) is 5.67 Å². The fraction of sp³-hybridized carbons (Fsp3) is 0.714. The quantitative estimate of drug-likeness (QED) is 0.438. The van der Waals surface area contributed by atoms with Gasteiger partial charge >= 0.3 is 17.6 Å². The molecule has 180 valence electrons. The molecule has 0 radical (unpaired) electrons. The van der Waals surface area contributed by atoms with Crippen molar-refractivity contribution in [2.24, 2.45) is 5.92 Å². The van der Waals surface area contributed by atoms with Gasteiger partial charge < -0.3 is 36.8 Å². The van der Waals surface area contributed by atoms with Crippen LogP contribution in [0.2, 0.25) is 6.04 Å². The molecule has 0 aromatic heterocycles. The van der Waals surface area contributed by atoms with Gasteiger partial charge in [-0.05, 0) is 37.6 Å². The van der Waals surface area contributed by atoms with Gasteiger partial charge in [-0.3, -0.25) is 0 Å². The molecule has 1 aromatic carbocycles. The third-order valence-electron chi connectivity index (χ3n) is 5.64. The molecule has 1 heterocycles. The summed E-state index contributed by atoms with van der Waals surface area (Å²) in [4.78, 5) is 2.29. The van der Waals surface area contributed by atoms with E-state index < -0.39 is 17.6 Å². The van der Waals surface area contributed by atoms with Crippen molar-refractivity contribution in [3.63, 3.8) is 0 Å². The summed E-state index contributed by atoms with van der Waals surface area (Å²) < 4.78 is 32.7. The van der Waals surface area contributed by atoms with Crippen LogP contribution in [-0.2, 0) is 26.6 Å². The highest BCUT2D eigenvalue weighted by molar-refractivity contribution is 6.63. The molecule has 8 nitrogen and oxygen atoms in total. The van der Waals surface area contributed by atoms with Crippen molar-refractivity contribution < 1.29 is 26.6 Å². The van der Waals surface area contributed by atoms with Crippen LogP contribution in [0, 0.1) is 5.92 Å². The maximum atomic E-state index is 5.54. The van der Waals surface area contributed by atoms with Crippen LogP contribution in [0.15, 0.2) is 30.3 Å². The number of hydrogen-bond donors (Lipinski definition) is 1. The fourth-order valence-corrected chi connectivity index (χ4v) is 8.19. The van der Waals surface area contributed by atoms with Crippen molar-refractivity contribution in [1.29, 1.82) is 0 Å². The largest absolute Gasteiger partial charge is 0.523 e. The summed E-state index contributed by atoms with van der Waals surface area (Å²) in [6.45, 7) is 7.26. The summed E-state index contributed by atoms with van der Waals surface area (Å²) in [5, 5.41) is 3.30. The Balaban J connectivity index is 0.000000318. The SMILES string of the molecule is CCNCC(C)C[Si](OC)(OC)OC.CO[Si](OC)(OC)C1CCN1c1ccccc1. The van der Waals surface area contributed by atoms with Crippen LogP contribution >= 0.6 is 0 Å². The summed E-state index contributed by atoms with van der Waals surface area (Å²) in [5.74, 6) is 0.501. The Morgan fingerprint density at radius 1 is 0.935 bits per heavy atom. The number of para-hydroxylation sites is 1. The van der Waals surface area contributed by atoms with Gasteiger partial charge in [-0.1, -0.05) is 32.0 Å². The zero-order chi connectivity index (χ0) is 23.3. The van der Waals surface area contributed by atoms with E-state index in [1.807, 2.05) is 18.2 Å². The third-order valence-corrected chi connectivity index (χ3v) is 11.8. The molecule has 2 unspecified atom stereocenters. The Labute approximate surface area is 190 Å². The van der Waals surface area contributed by atoms with Crippen molar-refractivity contribution >= 4 is 23.3 Å². The van der Waals surface area contributed by atoms with E-state index in [-0.39, 0.29) is 5.67 Å². The number of nitrogens with one attached hydrogen (secondary N) is 1. The van der Waals surface area contributed by atoms with Gasteiger partial charge in [0, 0.05) is 60.9 Å². The number of benzene rings is 1. The first-order valence-corrected chi connectivity index (χ1v) is 14.5. The highest BCUT2D eigenvalue weighted by Crippen LogP contribution is 2.32. The van der Waals surface area contributed by atoms with Crippen LogP contribution in [0.3, 0.4) is 0 Å². The highest BCUT2D eigenvalue weighted by Gasteiger charge is 2.54. The van der Waals surface area contributed by atoms with E-state index in [4.69, 9.17) is 26.6 Å². The lowest BCUT2D eigenvalue weighted by atomic mass is 10.2. The second kappa shape index (κ2) is 14.3. The van der Waals surface area contributed by atoms with Crippen LogP contribution in [-0.4, -0.2) is 85.6 Å². The summed E-state index contributed by atoms with van der Waals surface area (Å²) in [6.07, 6.45) is 1.05. The van der Waals surface area contributed by atoms with Crippen LogP contribution in [0.1, 0.15) is 20.3 Å². The van der Waals surface area contributed by atoms with Crippen LogP contribution in [0.4, 0.5) is 5.69 Å². The van der Waals surface area contributed by atoms with Gasteiger partial charge in [0.2, 0.25) is 0 Å². The second-order valence-corrected chi connectivity index (χ2v) is 13.6. The summed E-state index contributed by atoms with van der Waals surface area (Å²) in [7, 11) is 5.03. The molecule has 1 fully saturated rings. The van der Waals surface area contributed by atoms with Crippen molar-refractivity contribution in [3.8, 4) is 0 Å². The molecule has 2 atom stereocenters. The Morgan fingerprint density at radius 3 is 1.87 bits per heavy atom. The second-order valence-electron chi connectivity index (χ2n) is 7.46. The van der Waals surface area contributed by atoms with Gasteiger partial charge in [-0.25, -0.2) is 0 Å². The molecular weight excluding hydrogens is 432 g/mol. The van der Waals surface area contributed by atoms with E-state index in [1.165, 1.54) is 5.69 Å². The summed E-state index contributed by atoms with van der Waals surface area (Å²) in [5.41, 5.74) is 1.43. The Bertz CT molecular complexity index is 574. The minimum absolute atomic E-state index is 0.227. The molecule has 2 rings (SSSR count). The van der Waals surface area contributed by atoms with E-state index in [2.05, 4.69) is 36.2 Å². The van der Waals surface area contributed by atoms with E-state index in [9.17, 15) is 0 Å². The molecule has 0 spiro atoms. The Kier molecular flexibility index (Phi) is 13.1. The lowest BCUT2D eigenvalue weighted by molar-refractivity contribution is 0.103. The molecule has 0 saturated carbocycles. The van der Waals surface area contributed by atoms with Crippen LogP contribution in [0.5, 0.6) is 0 Å². The molecule has 0 bridgehead atoms. The van der Waals surface area contributed by atoms with E-state index in [1.54, 1.807) is 42.7 Å². The standard InChI is InChI=1S/C12H19NO3Si.C9H23NO3Si/c1-14-17(15-2,16-3)12-9-10-13(12)11-7-5-4-6-8-11;1-6-10-7-9(2)8-14(11-3,12-4)13-5/h4-8,12H,9-10H2,1-3H3;9-10H,6-8H2,1-5H3. The first-order chi connectivity index (χ1) is 14.9. The smallest absolute Gasteiger partial charge is 0.377 e. The molecule has 1 aliphatic rings. The Hall–Kier alpha value is -0.826. The minimum atomic E-state index is -2.55. The zero-order valence-corrected chi connectivity index (χ0v) is 22.5. The molecule has 0 aliphatic carbocycles. The zero-order valence-electron chi connectivity index (χ0n) is 20.5. The topological polar surface area (TPSA) is 70.7 Å². The number of nitrogens with zero attached hydrogens (tertiary/aromatic N) is 1. The van der Waals surface area contributed by atoms with E-state index in [0.717, 1.165) is 32.1 Å². The van der Waals surface area contributed by atoms with E-state index in [0.29, 0.717) is 5.92 Å². The van der Waals surface area contributed by atoms with Gasteiger partial charge in [-0.2, -0.15) is 0 Å². The molecule has 31 heavy (non-hydrogen) atoms. The Morgan fingerprint density at radius 2 is 1.48 bits per heavy atom. The van der Waals surface area contributed by atoms with Gasteiger partial charge in [0.15, 0.2) is 0 Å². The van der Waals surface area contributed by atoms with Gasteiger partial charge in [0.05, 0.1) is 0 Å².